The Kier molecular flexibility index (Phi) is 9.37. The lowest BCUT2D eigenvalue weighted by atomic mass is 9.99. The van der Waals surface area contributed by atoms with Crippen molar-refractivity contribution < 1.29 is 32.2 Å². The number of nitrogens with one attached hydrogen (secondary N) is 2. The highest BCUT2D eigenvalue weighted by molar-refractivity contribution is 7.89. The van der Waals surface area contributed by atoms with E-state index < -0.39 is 45.8 Å². The van der Waals surface area contributed by atoms with E-state index in [9.17, 15) is 27.5 Å². The van der Waals surface area contributed by atoms with Crippen LogP contribution in [-0.4, -0.2) is 73.6 Å². The van der Waals surface area contributed by atoms with E-state index in [4.69, 9.17) is 4.74 Å². The predicted octanol–water partition coefficient (Wildman–Crippen LogP) is 5.16. The third kappa shape index (κ3) is 6.77. The van der Waals surface area contributed by atoms with Crippen molar-refractivity contribution >= 4 is 44.1 Å². The summed E-state index contributed by atoms with van der Waals surface area (Å²) < 4.78 is 48.1. The number of hydrogen-bond acceptors (Lipinski definition) is 6. The molecule has 0 unspecified atom stereocenters. The minimum Gasteiger partial charge on any atom is -0.486 e. The molecule has 10 nitrogen and oxygen atoms in total. The van der Waals surface area contributed by atoms with Gasteiger partial charge in [-0.25, -0.2) is 17.6 Å². The van der Waals surface area contributed by atoms with Crippen molar-refractivity contribution in [2.24, 2.45) is 5.92 Å². The molecule has 236 valence electrons. The Morgan fingerprint density at radius 1 is 1.04 bits per heavy atom. The van der Waals surface area contributed by atoms with Gasteiger partial charge in [-0.05, 0) is 48.7 Å². The van der Waals surface area contributed by atoms with Crippen molar-refractivity contribution in [3.8, 4) is 5.75 Å². The van der Waals surface area contributed by atoms with Gasteiger partial charge in [0.1, 0.15) is 11.9 Å². The topological polar surface area (TPSA) is 128 Å². The molecule has 1 heterocycles. The summed E-state index contributed by atoms with van der Waals surface area (Å²) in [5.74, 6) is -1.44. The Labute approximate surface area is 261 Å². The summed E-state index contributed by atoms with van der Waals surface area (Å²) in [4.78, 5) is 28.4. The number of para-hydroxylation sites is 1. The molecule has 4 aromatic carbocycles. The highest BCUT2D eigenvalue weighted by Gasteiger charge is 2.36. The fraction of sp³-hybridized carbons (Fsp3) is 0.273. The number of ether oxygens (including phenoxy) is 1. The molecule has 0 bridgehead atoms. The smallest absolute Gasteiger partial charge is 0.323 e. The summed E-state index contributed by atoms with van der Waals surface area (Å²) in [6, 6.07) is 21.5. The second-order valence-corrected chi connectivity index (χ2v) is 13.2. The van der Waals surface area contributed by atoms with Gasteiger partial charge in [0.25, 0.3) is 5.91 Å². The average Bonchev–Trinajstić information content (AvgIpc) is 3.02. The molecule has 5 rings (SSSR count). The van der Waals surface area contributed by atoms with Gasteiger partial charge < -0.3 is 25.4 Å². The van der Waals surface area contributed by atoms with Gasteiger partial charge in [0, 0.05) is 24.9 Å². The first-order chi connectivity index (χ1) is 21.5. The van der Waals surface area contributed by atoms with E-state index in [1.165, 1.54) is 24.1 Å². The number of urea groups is 1. The van der Waals surface area contributed by atoms with Crippen molar-refractivity contribution in [1.29, 1.82) is 0 Å². The van der Waals surface area contributed by atoms with Crippen LogP contribution in [0.4, 0.5) is 20.6 Å². The molecule has 3 N–H and O–H groups in total. The van der Waals surface area contributed by atoms with Crippen LogP contribution in [0.3, 0.4) is 0 Å². The lowest BCUT2D eigenvalue weighted by Gasteiger charge is -2.38. The van der Waals surface area contributed by atoms with Gasteiger partial charge in [-0.2, -0.15) is 4.31 Å². The van der Waals surface area contributed by atoms with Crippen LogP contribution < -0.4 is 15.4 Å². The van der Waals surface area contributed by atoms with Crippen molar-refractivity contribution in [2.75, 3.05) is 37.4 Å². The first kappa shape index (κ1) is 31.9. The number of fused-ring (bicyclic) bond motifs is 2. The number of aliphatic hydroxyl groups excluding tert-OH is 1. The molecular formula is C33H35FN4O6S. The molecule has 12 heteroatoms. The number of carbonyl (C=O) groups excluding carboxylic acids is 2. The van der Waals surface area contributed by atoms with E-state index in [-0.39, 0.29) is 41.6 Å². The summed E-state index contributed by atoms with van der Waals surface area (Å²) in [7, 11) is -2.72. The maximum atomic E-state index is 13.9. The summed E-state index contributed by atoms with van der Waals surface area (Å²) in [6.45, 7) is 3.25. The molecular weight excluding hydrogens is 599 g/mol. The van der Waals surface area contributed by atoms with E-state index in [0.717, 1.165) is 27.2 Å². The van der Waals surface area contributed by atoms with E-state index in [2.05, 4.69) is 10.6 Å². The summed E-state index contributed by atoms with van der Waals surface area (Å²) in [6.07, 6.45) is -0.803. The number of carbonyl (C=O) groups is 2. The number of benzene rings is 4. The molecule has 3 atom stereocenters. The number of amides is 3. The molecule has 1 aliphatic heterocycles. The van der Waals surface area contributed by atoms with E-state index >= 15 is 0 Å². The number of aliphatic hydroxyl groups is 1. The van der Waals surface area contributed by atoms with Crippen LogP contribution in [0.5, 0.6) is 5.75 Å². The number of hydrogen-bond donors (Lipinski definition) is 3. The second kappa shape index (κ2) is 13.2. The summed E-state index contributed by atoms with van der Waals surface area (Å²) >= 11 is 0. The van der Waals surface area contributed by atoms with Crippen LogP contribution in [0.1, 0.15) is 24.2 Å². The summed E-state index contributed by atoms with van der Waals surface area (Å²) in [5, 5.41) is 17.4. The highest BCUT2D eigenvalue weighted by Crippen LogP contribution is 2.35. The monoisotopic (exact) mass is 634 g/mol. The average molecular weight is 635 g/mol. The molecule has 3 amide bonds. The predicted molar refractivity (Wildman–Crippen MR) is 170 cm³/mol. The highest BCUT2D eigenvalue weighted by atomic mass is 32.2. The molecule has 45 heavy (non-hydrogen) atoms. The number of likely N-dealkylation sites (N-methyl/N-ethyl adjacent to an activating group) is 1. The van der Waals surface area contributed by atoms with Crippen molar-refractivity contribution in [3.63, 3.8) is 0 Å². The van der Waals surface area contributed by atoms with Crippen LogP contribution in [0.2, 0.25) is 0 Å². The van der Waals surface area contributed by atoms with Crippen LogP contribution >= 0.6 is 0 Å². The van der Waals surface area contributed by atoms with Crippen molar-refractivity contribution in [2.45, 2.75) is 30.9 Å². The Balaban J connectivity index is 1.48. The van der Waals surface area contributed by atoms with Crippen LogP contribution in [0.25, 0.3) is 10.8 Å². The van der Waals surface area contributed by atoms with E-state index in [1.54, 1.807) is 31.2 Å². The van der Waals surface area contributed by atoms with Gasteiger partial charge in [-0.3, -0.25) is 4.79 Å². The fourth-order valence-corrected chi connectivity index (χ4v) is 6.54. The number of sulfonamides is 1. The van der Waals surface area contributed by atoms with Crippen LogP contribution in [0.15, 0.2) is 89.8 Å². The Morgan fingerprint density at radius 2 is 1.71 bits per heavy atom. The third-order valence-electron chi connectivity index (χ3n) is 7.92. The molecule has 0 aromatic heterocycles. The SMILES string of the molecule is C[C@@H]1CN([C@@H](C)CO)C(=O)c2cccc(NC(=O)Nc3cccc4ccccc34)c2O[C@H]1CN(C)S(=O)(=O)c1cccc(F)c1. The zero-order chi connectivity index (χ0) is 32.3. The molecule has 0 fully saturated rings. The number of nitrogens with zero attached hydrogens (tertiary/aromatic N) is 2. The van der Waals surface area contributed by atoms with Gasteiger partial charge in [-0.1, -0.05) is 55.5 Å². The van der Waals surface area contributed by atoms with Crippen molar-refractivity contribution in [3.05, 3.63) is 96.3 Å². The second-order valence-electron chi connectivity index (χ2n) is 11.2. The molecule has 0 saturated carbocycles. The van der Waals surface area contributed by atoms with E-state index in [0.29, 0.717) is 5.69 Å². The Morgan fingerprint density at radius 3 is 2.47 bits per heavy atom. The zero-order valence-corrected chi connectivity index (χ0v) is 25.9. The molecule has 1 aliphatic rings. The lowest BCUT2D eigenvalue weighted by Crippen LogP contribution is -2.50. The standard InChI is InChI=1S/C33H35FN4O6S/c1-21-18-38(22(2)20-39)32(40)27-14-8-16-29(36-33(41)35-28-15-6-10-23-9-4-5-13-26(23)28)31(27)44-30(21)19-37(3)45(42,43)25-12-7-11-24(34)17-25/h4-17,21-22,30,39H,18-20H2,1-3H3,(H2,35,36,41)/t21-,22+,30+/m1/s1. The largest absolute Gasteiger partial charge is 0.486 e. The molecule has 0 aliphatic carbocycles. The maximum Gasteiger partial charge on any atom is 0.323 e. The fourth-order valence-electron chi connectivity index (χ4n) is 5.33. The minimum atomic E-state index is -4.10. The number of anilines is 2. The van der Waals surface area contributed by atoms with Crippen LogP contribution in [0, 0.1) is 11.7 Å². The molecule has 0 radical (unpaired) electrons. The quantitative estimate of drug-likeness (QED) is 0.246. The molecule has 0 spiro atoms. The molecule has 4 aromatic rings. The number of rotatable bonds is 8. The Bertz CT molecular complexity index is 1830. The minimum absolute atomic E-state index is 0.0683. The maximum absolute atomic E-state index is 13.9. The zero-order valence-electron chi connectivity index (χ0n) is 25.1. The molecule has 0 saturated heterocycles. The lowest BCUT2D eigenvalue weighted by molar-refractivity contribution is 0.0389. The van der Waals surface area contributed by atoms with Gasteiger partial charge in [0.2, 0.25) is 10.0 Å². The van der Waals surface area contributed by atoms with Gasteiger partial charge in [-0.15, -0.1) is 0 Å². The normalized spacial score (nSPS) is 17.6. The van der Waals surface area contributed by atoms with Crippen molar-refractivity contribution in [1.82, 2.24) is 9.21 Å². The van der Waals surface area contributed by atoms with Crippen LogP contribution in [-0.2, 0) is 10.0 Å². The van der Waals surface area contributed by atoms with Gasteiger partial charge in [0.05, 0.1) is 41.0 Å². The third-order valence-corrected chi connectivity index (χ3v) is 9.74. The van der Waals surface area contributed by atoms with Gasteiger partial charge in [0.15, 0.2) is 5.75 Å². The Hall–Kier alpha value is -4.52. The first-order valence-corrected chi connectivity index (χ1v) is 15.9. The first-order valence-electron chi connectivity index (χ1n) is 14.5. The van der Waals surface area contributed by atoms with Gasteiger partial charge >= 0.3 is 6.03 Å². The summed E-state index contributed by atoms with van der Waals surface area (Å²) in [5.41, 5.74) is 0.927. The number of halogens is 1. The van der Waals surface area contributed by atoms with E-state index in [1.807, 2.05) is 43.3 Å².